The first-order valence-corrected chi connectivity index (χ1v) is 5.24. The number of nitrogens with two attached hydrogens (primary N) is 1. The smallest absolute Gasteiger partial charge is 0.252 e. The van der Waals surface area contributed by atoms with Gasteiger partial charge in [0.05, 0.1) is 0 Å². The van der Waals surface area contributed by atoms with Crippen molar-refractivity contribution >= 4 is 5.82 Å². The van der Waals surface area contributed by atoms with Gasteiger partial charge in [-0.15, -0.1) is 0 Å². The molecule has 84 valence electrons. The third kappa shape index (κ3) is 4.60. The van der Waals surface area contributed by atoms with Gasteiger partial charge in [0, 0.05) is 12.6 Å². The third-order valence-corrected chi connectivity index (χ3v) is 2.05. The summed E-state index contributed by atoms with van der Waals surface area (Å²) in [6, 6.07) is 1.47. The van der Waals surface area contributed by atoms with Gasteiger partial charge in [0.15, 0.2) is 0 Å². The minimum atomic E-state index is -0.119. The lowest BCUT2D eigenvalue weighted by Gasteiger charge is -2.05. The van der Waals surface area contributed by atoms with Gasteiger partial charge in [0.25, 0.3) is 5.56 Å². The predicted octanol–water partition coefficient (Wildman–Crippen LogP) is 0.619. The number of hydrogen-bond donors (Lipinski definition) is 3. The van der Waals surface area contributed by atoms with Crippen molar-refractivity contribution in [3.8, 4) is 0 Å². The summed E-state index contributed by atoms with van der Waals surface area (Å²) in [5.74, 6) is 1.27. The normalized spacial score (nSPS) is 10.3. The highest BCUT2D eigenvalue weighted by atomic mass is 16.1. The second kappa shape index (κ2) is 6.19. The van der Waals surface area contributed by atoms with E-state index in [1.165, 1.54) is 6.07 Å². The lowest BCUT2D eigenvalue weighted by Crippen LogP contribution is -2.12. The van der Waals surface area contributed by atoms with Crippen LogP contribution in [-0.4, -0.2) is 23.1 Å². The summed E-state index contributed by atoms with van der Waals surface area (Å²) in [4.78, 5) is 17.9. The van der Waals surface area contributed by atoms with Crippen LogP contribution in [0.1, 0.15) is 25.1 Å². The lowest BCUT2D eigenvalue weighted by atomic mass is 10.2. The van der Waals surface area contributed by atoms with E-state index in [0.29, 0.717) is 11.6 Å². The number of hydrogen-bond acceptors (Lipinski definition) is 4. The molecule has 0 unspecified atom stereocenters. The van der Waals surface area contributed by atoms with Crippen molar-refractivity contribution in [1.82, 2.24) is 9.97 Å². The molecule has 0 aliphatic rings. The van der Waals surface area contributed by atoms with Crippen LogP contribution >= 0.6 is 0 Å². The minimum Gasteiger partial charge on any atom is -0.370 e. The molecule has 0 amide bonds. The van der Waals surface area contributed by atoms with Gasteiger partial charge in [-0.2, -0.15) is 0 Å². The number of anilines is 1. The van der Waals surface area contributed by atoms with E-state index in [0.717, 1.165) is 32.4 Å². The van der Waals surface area contributed by atoms with Crippen molar-refractivity contribution in [1.29, 1.82) is 0 Å². The maximum atomic E-state index is 11.1. The number of aryl methyl sites for hydroxylation is 1. The molecule has 1 rings (SSSR count). The summed E-state index contributed by atoms with van der Waals surface area (Å²) < 4.78 is 0. The van der Waals surface area contributed by atoms with E-state index in [9.17, 15) is 4.79 Å². The Morgan fingerprint density at radius 2 is 2.27 bits per heavy atom. The summed E-state index contributed by atoms with van der Waals surface area (Å²) in [7, 11) is 0. The highest BCUT2D eigenvalue weighted by Gasteiger charge is 1.96. The Bertz CT molecular complexity index is 348. The number of aromatic nitrogens is 2. The molecule has 0 bridgehead atoms. The van der Waals surface area contributed by atoms with Crippen LogP contribution in [0.25, 0.3) is 0 Å². The van der Waals surface area contributed by atoms with Crippen LogP contribution in [-0.2, 0) is 0 Å². The van der Waals surface area contributed by atoms with Crippen LogP contribution < -0.4 is 16.6 Å². The van der Waals surface area contributed by atoms with Crippen LogP contribution in [0.2, 0.25) is 0 Å². The van der Waals surface area contributed by atoms with Crippen LogP contribution in [0.15, 0.2) is 10.9 Å². The maximum Gasteiger partial charge on any atom is 0.252 e. The highest BCUT2D eigenvalue weighted by Crippen LogP contribution is 1.99. The molecule has 5 heteroatoms. The molecule has 0 fully saturated rings. The van der Waals surface area contributed by atoms with Gasteiger partial charge in [-0.05, 0) is 26.3 Å². The van der Waals surface area contributed by atoms with Crippen molar-refractivity contribution in [3.05, 3.63) is 22.2 Å². The Labute approximate surface area is 89.1 Å². The van der Waals surface area contributed by atoms with Gasteiger partial charge in [-0.3, -0.25) is 4.79 Å². The second-order valence-electron chi connectivity index (χ2n) is 3.49. The molecule has 15 heavy (non-hydrogen) atoms. The van der Waals surface area contributed by atoms with Crippen LogP contribution in [0.5, 0.6) is 0 Å². The average Bonchev–Trinajstić information content (AvgIpc) is 2.16. The fraction of sp³-hybridized carbons (Fsp3) is 0.600. The Morgan fingerprint density at radius 1 is 1.47 bits per heavy atom. The highest BCUT2D eigenvalue weighted by molar-refractivity contribution is 5.32. The van der Waals surface area contributed by atoms with E-state index < -0.39 is 0 Å². The van der Waals surface area contributed by atoms with Gasteiger partial charge in [0.2, 0.25) is 0 Å². The summed E-state index contributed by atoms with van der Waals surface area (Å²) in [5, 5.41) is 3.11. The molecule has 0 saturated carbocycles. The van der Waals surface area contributed by atoms with Crippen molar-refractivity contribution < 1.29 is 0 Å². The van der Waals surface area contributed by atoms with Crippen molar-refractivity contribution in [2.24, 2.45) is 5.73 Å². The Balaban J connectivity index is 2.34. The van der Waals surface area contributed by atoms with Gasteiger partial charge < -0.3 is 16.0 Å². The van der Waals surface area contributed by atoms with Crippen LogP contribution in [0.3, 0.4) is 0 Å². The first kappa shape index (κ1) is 11.7. The fourth-order valence-corrected chi connectivity index (χ4v) is 1.33. The predicted molar refractivity (Wildman–Crippen MR) is 61.0 cm³/mol. The quantitative estimate of drug-likeness (QED) is 0.601. The first-order chi connectivity index (χ1) is 7.22. The van der Waals surface area contributed by atoms with Gasteiger partial charge in [-0.1, -0.05) is 6.42 Å². The molecule has 0 aliphatic heterocycles. The van der Waals surface area contributed by atoms with Gasteiger partial charge in [-0.25, -0.2) is 4.98 Å². The second-order valence-corrected chi connectivity index (χ2v) is 3.49. The van der Waals surface area contributed by atoms with Crippen molar-refractivity contribution in [3.63, 3.8) is 0 Å². The zero-order valence-corrected chi connectivity index (χ0v) is 9.05. The van der Waals surface area contributed by atoms with E-state index in [1.54, 1.807) is 6.92 Å². The largest absolute Gasteiger partial charge is 0.370 e. The Hall–Kier alpha value is -1.36. The first-order valence-electron chi connectivity index (χ1n) is 5.24. The van der Waals surface area contributed by atoms with E-state index in [2.05, 4.69) is 15.3 Å². The number of nitrogens with zero attached hydrogens (tertiary/aromatic N) is 1. The van der Waals surface area contributed by atoms with Crippen LogP contribution in [0.4, 0.5) is 5.82 Å². The number of rotatable bonds is 6. The molecule has 1 aromatic heterocycles. The summed E-state index contributed by atoms with van der Waals surface area (Å²) in [5.41, 5.74) is 5.26. The molecule has 0 radical (unpaired) electrons. The molecule has 4 N–H and O–H groups in total. The number of aromatic amines is 1. The monoisotopic (exact) mass is 210 g/mol. The van der Waals surface area contributed by atoms with E-state index in [1.807, 2.05) is 0 Å². The van der Waals surface area contributed by atoms with E-state index >= 15 is 0 Å². The lowest BCUT2D eigenvalue weighted by molar-refractivity contribution is 0.706. The van der Waals surface area contributed by atoms with Gasteiger partial charge in [0.1, 0.15) is 11.6 Å². The molecule has 5 nitrogen and oxygen atoms in total. The van der Waals surface area contributed by atoms with E-state index in [4.69, 9.17) is 5.73 Å². The molecule has 1 heterocycles. The average molecular weight is 210 g/mol. The summed E-state index contributed by atoms with van der Waals surface area (Å²) in [6.07, 6.45) is 3.19. The molecule has 0 spiro atoms. The molecular weight excluding hydrogens is 192 g/mol. The van der Waals surface area contributed by atoms with Crippen molar-refractivity contribution in [2.75, 3.05) is 18.4 Å². The zero-order valence-electron chi connectivity index (χ0n) is 9.05. The molecule has 0 atom stereocenters. The minimum absolute atomic E-state index is 0.119. The van der Waals surface area contributed by atoms with Crippen molar-refractivity contribution in [2.45, 2.75) is 26.2 Å². The molecule has 0 saturated heterocycles. The number of nitrogens with one attached hydrogen (secondary N) is 2. The third-order valence-electron chi connectivity index (χ3n) is 2.05. The Morgan fingerprint density at radius 3 is 2.93 bits per heavy atom. The zero-order chi connectivity index (χ0) is 11.1. The summed E-state index contributed by atoms with van der Waals surface area (Å²) in [6.45, 7) is 3.33. The number of H-pyrrole nitrogens is 1. The molecule has 1 aromatic rings. The maximum absolute atomic E-state index is 11.1. The standard InChI is InChI=1S/C10H18N4O/c1-8-13-9(7-10(15)14-8)12-6-4-2-3-5-11/h7H,2-6,11H2,1H3,(H2,12,13,14,15). The van der Waals surface area contributed by atoms with Gasteiger partial charge >= 0.3 is 0 Å². The van der Waals surface area contributed by atoms with Crippen LogP contribution in [0, 0.1) is 6.92 Å². The van der Waals surface area contributed by atoms with E-state index in [-0.39, 0.29) is 5.56 Å². The fourth-order valence-electron chi connectivity index (χ4n) is 1.33. The topological polar surface area (TPSA) is 83.8 Å². The molecule has 0 aliphatic carbocycles. The molecular formula is C10H18N4O. The Kier molecular flexibility index (Phi) is 4.83. The molecule has 0 aromatic carbocycles. The summed E-state index contributed by atoms with van der Waals surface area (Å²) >= 11 is 0. The number of unbranched alkanes of at least 4 members (excludes halogenated alkanes) is 2. The SMILES string of the molecule is Cc1nc(NCCCCCN)cc(=O)[nH]1.